The van der Waals surface area contributed by atoms with Crippen LogP contribution >= 0.6 is 0 Å². The van der Waals surface area contributed by atoms with Gasteiger partial charge in [0.25, 0.3) is 0 Å². The van der Waals surface area contributed by atoms with Crippen molar-refractivity contribution in [1.82, 2.24) is 0 Å². The summed E-state index contributed by atoms with van der Waals surface area (Å²) in [5.74, 6) is 1.05. The predicted molar refractivity (Wildman–Crippen MR) is 72.8 cm³/mol. The van der Waals surface area contributed by atoms with Crippen molar-refractivity contribution in [3.8, 4) is 5.75 Å². The van der Waals surface area contributed by atoms with E-state index in [-0.39, 0.29) is 11.6 Å². The van der Waals surface area contributed by atoms with E-state index in [1.807, 2.05) is 0 Å². The second-order valence-electron chi connectivity index (χ2n) is 5.71. The first-order chi connectivity index (χ1) is 8.95. The fourth-order valence-corrected chi connectivity index (χ4v) is 2.98. The first-order valence-electron chi connectivity index (χ1n) is 6.78. The predicted octanol–water partition coefficient (Wildman–Crippen LogP) is 1.71. The molecule has 0 saturated heterocycles. The van der Waals surface area contributed by atoms with Crippen molar-refractivity contribution in [2.24, 2.45) is 11.8 Å². The molecule has 0 spiro atoms. The van der Waals surface area contributed by atoms with Gasteiger partial charge in [-0.25, -0.2) is 4.39 Å². The largest absolute Gasteiger partial charge is 0.492 e. The van der Waals surface area contributed by atoms with Crippen molar-refractivity contribution in [3.05, 3.63) is 24.0 Å². The molecule has 0 heterocycles. The molecule has 1 aromatic rings. The summed E-state index contributed by atoms with van der Waals surface area (Å²) >= 11 is 0. The van der Waals surface area contributed by atoms with E-state index in [0.29, 0.717) is 17.6 Å². The van der Waals surface area contributed by atoms with Crippen molar-refractivity contribution in [1.29, 1.82) is 0 Å². The van der Waals surface area contributed by atoms with Crippen LogP contribution in [0.5, 0.6) is 5.75 Å². The summed E-state index contributed by atoms with van der Waals surface area (Å²) in [6.45, 7) is 4.39. The summed E-state index contributed by atoms with van der Waals surface area (Å²) in [6.07, 6.45) is 3.14. The lowest BCUT2D eigenvalue weighted by Gasteiger charge is -2.32. The Labute approximate surface area is 113 Å². The zero-order chi connectivity index (χ0) is 14.0. The molecule has 1 fully saturated rings. The van der Waals surface area contributed by atoms with Crippen LogP contribution in [0.15, 0.2) is 18.2 Å². The number of ether oxygens (including phenoxy) is 1. The molecule has 5 heteroatoms. The highest BCUT2D eigenvalue weighted by Gasteiger charge is 2.27. The average Bonchev–Trinajstić information content (AvgIpc) is 2.30. The number of hydrogen-bond donors (Lipinski definition) is 2. The Kier molecular flexibility index (Phi) is 4.48. The summed E-state index contributed by atoms with van der Waals surface area (Å²) < 4.78 is 19.0. The van der Waals surface area contributed by atoms with Crippen molar-refractivity contribution in [2.75, 3.05) is 0 Å². The van der Waals surface area contributed by atoms with Crippen LogP contribution in [0.4, 0.5) is 4.39 Å². The molecular formula is C14H20BFO3. The molecule has 1 saturated carbocycles. The molecule has 1 aliphatic carbocycles. The molecule has 1 aromatic carbocycles. The van der Waals surface area contributed by atoms with Gasteiger partial charge in [0.1, 0.15) is 11.6 Å². The highest BCUT2D eigenvalue weighted by molar-refractivity contribution is 6.59. The molecular weight excluding hydrogens is 246 g/mol. The lowest BCUT2D eigenvalue weighted by atomic mass is 9.79. The zero-order valence-electron chi connectivity index (χ0n) is 11.3. The Morgan fingerprint density at radius 3 is 2.37 bits per heavy atom. The first-order valence-corrected chi connectivity index (χ1v) is 6.78. The third-order valence-corrected chi connectivity index (χ3v) is 3.68. The molecule has 2 unspecified atom stereocenters. The van der Waals surface area contributed by atoms with Crippen LogP contribution < -0.4 is 10.2 Å². The van der Waals surface area contributed by atoms with Crippen LogP contribution in [0.1, 0.15) is 33.1 Å². The molecule has 0 radical (unpaired) electrons. The van der Waals surface area contributed by atoms with Crippen molar-refractivity contribution in [3.63, 3.8) is 0 Å². The molecule has 1 aliphatic rings. The highest BCUT2D eigenvalue weighted by atomic mass is 19.1. The van der Waals surface area contributed by atoms with Crippen LogP contribution in [-0.4, -0.2) is 23.3 Å². The Bertz CT molecular complexity index is 429. The smallest absolute Gasteiger partial charge is 0.491 e. The molecule has 104 valence electrons. The quantitative estimate of drug-likeness (QED) is 0.819. The van der Waals surface area contributed by atoms with Crippen molar-refractivity contribution in [2.45, 2.75) is 39.2 Å². The van der Waals surface area contributed by atoms with E-state index < -0.39 is 12.9 Å². The topological polar surface area (TPSA) is 49.7 Å². The summed E-state index contributed by atoms with van der Waals surface area (Å²) in [6, 6.07) is 3.85. The van der Waals surface area contributed by atoms with Gasteiger partial charge in [0.15, 0.2) is 0 Å². The van der Waals surface area contributed by atoms with E-state index in [1.165, 1.54) is 18.6 Å². The Balaban J connectivity index is 2.14. The Morgan fingerprint density at radius 1 is 1.16 bits per heavy atom. The van der Waals surface area contributed by atoms with Crippen LogP contribution in [0.3, 0.4) is 0 Å². The van der Waals surface area contributed by atoms with E-state index in [9.17, 15) is 14.4 Å². The van der Waals surface area contributed by atoms with Crippen molar-refractivity contribution < 1.29 is 19.2 Å². The molecule has 3 nitrogen and oxygen atoms in total. The Hall–Kier alpha value is -1.07. The van der Waals surface area contributed by atoms with Gasteiger partial charge >= 0.3 is 7.12 Å². The SMILES string of the molecule is CC1CC(C)CC(Oc2ccc(F)cc2B(O)O)C1. The maximum Gasteiger partial charge on any atom is 0.492 e. The maximum absolute atomic E-state index is 13.1. The van der Waals surface area contributed by atoms with E-state index in [4.69, 9.17) is 4.74 Å². The van der Waals surface area contributed by atoms with Crippen LogP contribution in [0.25, 0.3) is 0 Å². The minimum atomic E-state index is -1.72. The second kappa shape index (κ2) is 5.93. The minimum absolute atomic E-state index is 0.0571. The van der Waals surface area contributed by atoms with Gasteiger partial charge in [-0.3, -0.25) is 0 Å². The fourth-order valence-electron chi connectivity index (χ4n) is 2.98. The zero-order valence-corrected chi connectivity index (χ0v) is 11.3. The average molecular weight is 266 g/mol. The number of halogens is 1. The third-order valence-electron chi connectivity index (χ3n) is 3.68. The molecule has 2 atom stereocenters. The third kappa shape index (κ3) is 3.70. The second-order valence-corrected chi connectivity index (χ2v) is 5.71. The first kappa shape index (κ1) is 14.3. The van der Waals surface area contributed by atoms with E-state index in [1.54, 1.807) is 0 Å². The summed E-state index contributed by atoms with van der Waals surface area (Å²) in [5.41, 5.74) is 0.0888. The van der Waals surface area contributed by atoms with Gasteiger partial charge in [-0.2, -0.15) is 0 Å². The van der Waals surface area contributed by atoms with Crippen molar-refractivity contribution >= 4 is 12.6 Å². The molecule has 2 rings (SSSR count). The number of benzene rings is 1. The van der Waals surface area contributed by atoms with Gasteiger partial charge in [0.05, 0.1) is 6.10 Å². The molecule has 19 heavy (non-hydrogen) atoms. The fraction of sp³-hybridized carbons (Fsp3) is 0.571. The van der Waals surface area contributed by atoms with E-state index >= 15 is 0 Å². The normalized spacial score (nSPS) is 27.1. The van der Waals surface area contributed by atoms with Gasteiger partial charge in [-0.05, 0) is 49.3 Å². The molecule has 0 amide bonds. The van der Waals surface area contributed by atoms with E-state index in [2.05, 4.69) is 13.8 Å². The minimum Gasteiger partial charge on any atom is -0.491 e. The molecule has 2 N–H and O–H groups in total. The van der Waals surface area contributed by atoms with Gasteiger partial charge < -0.3 is 14.8 Å². The van der Waals surface area contributed by atoms with Crippen LogP contribution in [-0.2, 0) is 0 Å². The van der Waals surface area contributed by atoms with Gasteiger partial charge in [-0.15, -0.1) is 0 Å². The van der Waals surface area contributed by atoms with E-state index in [0.717, 1.165) is 18.9 Å². The lowest BCUT2D eigenvalue weighted by Crippen LogP contribution is -2.35. The monoisotopic (exact) mass is 266 g/mol. The molecule has 0 aliphatic heterocycles. The molecule has 0 bridgehead atoms. The summed E-state index contributed by atoms with van der Waals surface area (Å²) in [5, 5.41) is 18.5. The Morgan fingerprint density at radius 2 is 1.79 bits per heavy atom. The standard InChI is InChI=1S/C14H20BFO3/c1-9-5-10(2)7-12(6-9)19-14-4-3-11(16)8-13(14)15(17)18/h3-4,8-10,12,17-18H,5-7H2,1-2H3. The number of hydrogen-bond acceptors (Lipinski definition) is 3. The number of rotatable bonds is 3. The van der Waals surface area contributed by atoms with Gasteiger partial charge in [0.2, 0.25) is 0 Å². The maximum atomic E-state index is 13.1. The van der Waals surface area contributed by atoms with Gasteiger partial charge in [-0.1, -0.05) is 13.8 Å². The van der Waals surface area contributed by atoms with Gasteiger partial charge in [0, 0.05) is 5.46 Å². The van der Waals surface area contributed by atoms with Crippen LogP contribution in [0, 0.1) is 17.7 Å². The molecule has 0 aromatic heterocycles. The highest BCUT2D eigenvalue weighted by Crippen LogP contribution is 2.31. The van der Waals surface area contributed by atoms with Crippen LogP contribution in [0.2, 0.25) is 0 Å². The lowest BCUT2D eigenvalue weighted by molar-refractivity contribution is 0.102. The summed E-state index contributed by atoms with van der Waals surface area (Å²) in [7, 11) is -1.72. The summed E-state index contributed by atoms with van der Waals surface area (Å²) in [4.78, 5) is 0.